The molecule has 0 radical (unpaired) electrons. The van der Waals surface area contributed by atoms with E-state index in [0.717, 1.165) is 49.4 Å². The van der Waals surface area contributed by atoms with Crippen LogP contribution in [0.3, 0.4) is 0 Å². The van der Waals surface area contributed by atoms with Crippen LogP contribution in [0.25, 0.3) is 0 Å². The van der Waals surface area contributed by atoms with Crippen LogP contribution in [-0.4, -0.2) is 87.7 Å². The average Bonchev–Trinajstić information content (AvgIpc) is 3.20. The number of nitro benzene ring substituents is 1. The third-order valence-electron chi connectivity index (χ3n) is 9.59. The number of sulfonamides is 1. The van der Waals surface area contributed by atoms with E-state index in [1.54, 1.807) is 23.9 Å². The minimum atomic E-state index is -4.43. The van der Waals surface area contributed by atoms with Crippen LogP contribution in [-0.2, 0) is 10.0 Å². The maximum Gasteiger partial charge on any atom is 0.293 e. The predicted molar refractivity (Wildman–Crippen MR) is 220 cm³/mol. The van der Waals surface area contributed by atoms with Gasteiger partial charge in [0.1, 0.15) is 5.69 Å². The zero-order valence-corrected chi connectivity index (χ0v) is 32.6. The van der Waals surface area contributed by atoms with Gasteiger partial charge in [-0.3, -0.25) is 19.8 Å². The highest BCUT2D eigenvalue weighted by atomic mass is 32.2. The van der Waals surface area contributed by atoms with Crippen LogP contribution in [0.4, 0.5) is 17.1 Å². The monoisotopic (exact) mass is 778 g/mol. The molecule has 1 aliphatic rings. The van der Waals surface area contributed by atoms with Gasteiger partial charge in [0.15, 0.2) is 0 Å². The van der Waals surface area contributed by atoms with Crippen LogP contribution in [0.1, 0.15) is 33.9 Å². The van der Waals surface area contributed by atoms with Crippen molar-refractivity contribution in [2.45, 2.75) is 28.3 Å². The van der Waals surface area contributed by atoms with Gasteiger partial charge in [-0.2, -0.15) is 0 Å². The molecular weight excluding hydrogens is 733 g/mol. The topological polar surface area (TPSA) is 128 Å². The van der Waals surface area contributed by atoms with Crippen molar-refractivity contribution >= 4 is 44.8 Å². The Kier molecular flexibility index (Phi) is 13.2. The zero-order chi connectivity index (χ0) is 38.8. The lowest BCUT2D eigenvalue weighted by Crippen LogP contribution is -2.48. The molecule has 0 spiro atoms. The predicted octanol–water partition coefficient (Wildman–Crippen LogP) is 7.15. The van der Waals surface area contributed by atoms with Gasteiger partial charge in [0.25, 0.3) is 21.6 Å². The molecule has 0 unspecified atom stereocenters. The molecule has 1 heterocycles. The SMILES string of the molecule is CN(C)CC[C@H](CSc1ccccc1)Nc1ccc(S(=O)(=O)NC(=O)c2ccc(N3CCN(C(c4ccccc4)c4ccccc4)CC3)cc2)cc1[N+](=O)[O-]. The quantitative estimate of drug-likeness (QED) is 0.0606. The van der Waals surface area contributed by atoms with Crippen LogP contribution in [0.2, 0.25) is 0 Å². The summed E-state index contributed by atoms with van der Waals surface area (Å²) in [4.78, 5) is 32.2. The molecule has 13 heteroatoms. The maximum absolute atomic E-state index is 13.4. The fourth-order valence-electron chi connectivity index (χ4n) is 6.68. The number of piperazine rings is 1. The van der Waals surface area contributed by atoms with Crippen molar-refractivity contribution in [3.8, 4) is 0 Å². The van der Waals surface area contributed by atoms with Crippen LogP contribution in [0.15, 0.2) is 143 Å². The van der Waals surface area contributed by atoms with Gasteiger partial charge < -0.3 is 15.1 Å². The maximum atomic E-state index is 13.4. The molecule has 286 valence electrons. The van der Waals surface area contributed by atoms with E-state index in [4.69, 9.17) is 0 Å². The molecule has 1 saturated heterocycles. The molecule has 11 nitrogen and oxygen atoms in total. The number of hydrogen-bond acceptors (Lipinski definition) is 10. The van der Waals surface area contributed by atoms with Gasteiger partial charge >= 0.3 is 0 Å². The first-order valence-electron chi connectivity index (χ1n) is 18.2. The van der Waals surface area contributed by atoms with Gasteiger partial charge in [-0.15, -0.1) is 11.8 Å². The van der Waals surface area contributed by atoms with Crippen LogP contribution in [0, 0.1) is 10.1 Å². The number of benzene rings is 5. The fourth-order valence-corrected chi connectivity index (χ4v) is 8.67. The van der Waals surface area contributed by atoms with E-state index >= 15 is 0 Å². The Balaban J connectivity index is 1.09. The summed E-state index contributed by atoms with van der Waals surface area (Å²) in [5.74, 6) is -0.181. The Morgan fingerprint density at radius 2 is 1.40 bits per heavy atom. The minimum Gasteiger partial charge on any atom is -0.376 e. The lowest BCUT2D eigenvalue weighted by atomic mass is 9.96. The van der Waals surface area contributed by atoms with E-state index in [-0.39, 0.29) is 28.2 Å². The first-order valence-corrected chi connectivity index (χ1v) is 20.7. The minimum absolute atomic E-state index is 0.138. The third kappa shape index (κ3) is 10.5. The van der Waals surface area contributed by atoms with E-state index in [2.05, 4.69) is 68.4 Å². The lowest BCUT2D eigenvalue weighted by molar-refractivity contribution is -0.384. The molecule has 0 aliphatic carbocycles. The first kappa shape index (κ1) is 39.5. The number of thioether (sulfide) groups is 1. The van der Waals surface area contributed by atoms with Gasteiger partial charge in [0.05, 0.1) is 15.9 Å². The van der Waals surface area contributed by atoms with Crippen molar-refractivity contribution in [2.24, 2.45) is 0 Å². The van der Waals surface area contributed by atoms with Crippen LogP contribution in [0.5, 0.6) is 0 Å². The summed E-state index contributed by atoms with van der Waals surface area (Å²) in [6, 6.07) is 41.4. The average molecular weight is 779 g/mol. The summed E-state index contributed by atoms with van der Waals surface area (Å²) in [6.07, 6.45) is 0.706. The second kappa shape index (κ2) is 18.4. The summed E-state index contributed by atoms with van der Waals surface area (Å²) in [5.41, 5.74) is 3.39. The summed E-state index contributed by atoms with van der Waals surface area (Å²) in [6.45, 7) is 3.97. The second-order valence-electron chi connectivity index (χ2n) is 13.7. The molecule has 1 fully saturated rings. The van der Waals surface area contributed by atoms with Crippen molar-refractivity contribution in [2.75, 3.05) is 62.8 Å². The molecule has 5 aromatic carbocycles. The number of carbonyl (C=O) groups excluding carboxylic acids is 1. The van der Waals surface area contributed by atoms with Crippen molar-refractivity contribution in [3.05, 3.63) is 160 Å². The van der Waals surface area contributed by atoms with E-state index in [9.17, 15) is 23.3 Å². The number of carbonyl (C=O) groups is 1. The molecule has 1 atom stereocenters. The molecule has 0 bridgehead atoms. The number of amides is 1. The Labute approximate surface area is 327 Å². The standard InChI is InChI=1S/C42H46N6O5S2/c1-45(2)25-24-35(31-54-37-16-10-5-11-17-37)43-39-23-22-38(30-40(39)48(50)51)55(52,53)44-42(49)34-18-20-36(21-19-34)46-26-28-47(29-27-46)41(32-12-6-3-7-13-32)33-14-8-4-9-15-33/h3-23,30,35,41,43H,24-29,31H2,1-2H3,(H,44,49)/t35-/m1/s1. The number of nitrogens with one attached hydrogen (secondary N) is 2. The Hall–Kier alpha value is -5.21. The number of anilines is 2. The summed E-state index contributed by atoms with van der Waals surface area (Å²) >= 11 is 1.64. The Bertz CT molecular complexity index is 2090. The Morgan fingerprint density at radius 1 is 0.818 bits per heavy atom. The van der Waals surface area contributed by atoms with Crippen molar-refractivity contribution < 1.29 is 18.1 Å². The van der Waals surface area contributed by atoms with Crippen LogP contribution >= 0.6 is 11.8 Å². The highest BCUT2D eigenvalue weighted by molar-refractivity contribution is 7.99. The highest BCUT2D eigenvalue weighted by Gasteiger charge is 2.28. The summed E-state index contributed by atoms with van der Waals surface area (Å²) in [5, 5.41) is 15.5. The smallest absolute Gasteiger partial charge is 0.293 e. The molecule has 6 rings (SSSR count). The van der Waals surface area contributed by atoms with Gasteiger partial charge in [-0.05, 0) is 86.7 Å². The lowest BCUT2D eigenvalue weighted by Gasteiger charge is -2.40. The van der Waals surface area contributed by atoms with Crippen molar-refractivity contribution in [3.63, 3.8) is 0 Å². The second-order valence-corrected chi connectivity index (χ2v) is 16.5. The molecular formula is C42H46N6O5S2. The number of nitrogens with zero attached hydrogens (tertiary/aromatic N) is 4. The summed E-state index contributed by atoms with van der Waals surface area (Å²) in [7, 11) is -0.505. The van der Waals surface area contributed by atoms with Crippen LogP contribution < -0.4 is 14.9 Å². The van der Waals surface area contributed by atoms with Crippen molar-refractivity contribution in [1.82, 2.24) is 14.5 Å². The van der Waals surface area contributed by atoms with E-state index < -0.39 is 26.5 Å². The van der Waals surface area contributed by atoms with Crippen molar-refractivity contribution in [1.29, 1.82) is 0 Å². The first-order chi connectivity index (χ1) is 26.6. The normalized spacial score (nSPS) is 14.1. The summed E-state index contributed by atoms with van der Waals surface area (Å²) < 4.78 is 28.8. The van der Waals surface area contributed by atoms with E-state index in [1.807, 2.05) is 73.6 Å². The number of nitro groups is 1. The van der Waals surface area contributed by atoms with E-state index in [1.165, 1.54) is 23.3 Å². The van der Waals surface area contributed by atoms with Gasteiger partial charge in [-0.1, -0.05) is 78.9 Å². The molecule has 1 aliphatic heterocycles. The van der Waals surface area contributed by atoms with Gasteiger partial charge in [0, 0.05) is 60.2 Å². The molecule has 0 aromatic heterocycles. The Morgan fingerprint density at radius 3 is 1.96 bits per heavy atom. The molecule has 0 saturated carbocycles. The fraction of sp³-hybridized carbons (Fsp3) is 0.262. The largest absolute Gasteiger partial charge is 0.376 e. The molecule has 2 N–H and O–H groups in total. The molecule has 5 aromatic rings. The number of rotatable bonds is 16. The number of hydrogen-bond donors (Lipinski definition) is 2. The van der Waals surface area contributed by atoms with Gasteiger partial charge in [-0.25, -0.2) is 13.1 Å². The van der Waals surface area contributed by atoms with E-state index in [0.29, 0.717) is 12.2 Å². The molecule has 55 heavy (non-hydrogen) atoms. The van der Waals surface area contributed by atoms with Gasteiger partial charge in [0.2, 0.25) is 0 Å². The molecule has 1 amide bonds. The highest BCUT2D eigenvalue weighted by Crippen LogP contribution is 2.32. The third-order valence-corrected chi connectivity index (χ3v) is 12.1. The zero-order valence-electron chi connectivity index (χ0n) is 31.0.